The highest BCUT2D eigenvalue weighted by molar-refractivity contribution is 5.97. The topological polar surface area (TPSA) is 205 Å². The van der Waals surface area contributed by atoms with E-state index in [1.165, 1.54) is 9.91 Å². The maximum atomic E-state index is 12.7. The lowest BCUT2D eigenvalue weighted by Gasteiger charge is -2.26. The molecule has 68 heavy (non-hydrogen) atoms. The molecular weight excluding hydrogens is 861 g/mol. The summed E-state index contributed by atoms with van der Waals surface area (Å²) in [6, 6.07) is 19.3. The molecule has 2 N–H and O–H groups in total. The molecule has 3 amide bonds. The number of allylic oxidation sites excluding steroid dienone is 1. The Bertz CT molecular complexity index is 2560. The van der Waals surface area contributed by atoms with Gasteiger partial charge in [-0.05, 0) is 117 Å². The largest absolute Gasteiger partial charge is 0.508 e. The summed E-state index contributed by atoms with van der Waals surface area (Å²) < 4.78 is 7.44. The Kier molecular flexibility index (Phi) is 20.2. The number of phenols is 1. The van der Waals surface area contributed by atoms with Crippen molar-refractivity contribution in [2.75, 3.05) is 33.3 Å². The number of benzene rings is 2. The summed E-state index contributed by atoms with van der Waals surface area (Å²) in [7, 11) is 1.65. The molecule has 0 bridgehead atoms. The molecule has 15 nitrogen and oxygen atoms in total. The number of pyridine rings is 1. The average molecular weight is 927 g/mol. The van der Waals surface area contributed by atoms with Crippen LogP contribution < -0.4 is 0 Å². The first-order valence-electron chi connectivity index (χ1n) is 23.1. The predicted molar refractivity (Wildman–Crippen MR) is 264 cm³/mol. The van der Waals surface area contributed by atoms with Gasteiger partial charge < -0.3 is 29.3 Å². The summed E-state index contributed by atoms with van der Waals surface area (Å²) in [5.41, 5.74) is 7.51. The number of amides is 3. The van der Waals surface area contributed by atoms with Gasteiger partial charge in [0.15, 0.2) is 0 Å². The van der Waals surface area contributed by atoms with Crippen LogP contribution >= 0.6 is 0 Å². The zero-order valence-electron chi connectivity index (χ0n) is 40.6. The third-order valence-corrected chi connectivity index (χ3v) is 11.9. The van der Waals surface area contributed by atoms with Crippen LogP contribution in [0.1, 0.15) is 90.5 Å². The monoisotopic (exact) mass is 927 g/mol. The van der Waals surface area contributed by atoms with Crippen LogP contribution in [0.2, 0.25) is 0 Å². The number of aromatic hydroxyl groups is 1. The Morgan fingerprint density at radius 2 is 1.76 bits per heavy atom. The number of carbonyl (C=O) groups excluding carboxylic acids is 4. The van der Waals surface area contributed by atoms with Crippen molar-refractivity contribution in [1.82, 2.24) is 24.4 Å². The standard InChI is InChI=1S/C35H40N4O5.C9H12N2O.C9H14N2O/c1-4-38-32-11-10-25(26-16-24(17-27(42)18-26)9-12-33(43)39-15-6-5-14-37-39)19-29(32)30(20-35(2,3)22-44-23-41)34(38)28-8-7-13-36-31(28)21-40;1-2-8(7-10)9(12)11-5-3-4-6-11;1-7(2)9(8(3)5-10)11(4)6-12/h7-8,10-11,13-14,16-19,23,40,42H,4-6,9,12,15,20-22H2,1-3H3;2H,3-6H2,1H3;6-7,9H,3H2,1-2,4H3/b;8-2+;. The summed E-state index contributed by atoms with van der Waals surface area (Å²) >= 11 is 0. The number of hydrazone groups is 1. The van der Waals surface area contributed by atoms with E-state index in [0.29, 0.717) is 56.5 Å². The lowest BCUT2D eigenvalue weighted by Crippen LogP contribution is -2.35. The number of aliphatic hydroxyl groups excluding tert-OH is 1. The third kappa shape index (κ3) is 14.0. The maximum Gasteiger partial charge on any atom is 0.293 e. The van der Waals surface area contributed by atoms with Crippen molar-refractivity contribution < 1.29 is 34.1 Å². The molecule has 0 spiro atoms. The number of hydrogen-bond acceptors (Lipinski definition) is 11. The molecule has 1 atom stereocenters. The average Bonchev–Trinajstić information content (AvgIpc) is 4.00. The van der Waals surface area contributed by atoms with E-state index in [2.05, 4.69) is 54.1 Å². The molecule has 2 aromatic heterocycles. The SMILES string of the molecule is C/C=C(\C#N)C(=O)N1CCCC1.C=C(C#N)C(C(C)C)N(C)C=O.CCn1c(-c2cccnc2CO)c(CC(C)(C)COC=O)c2cc(-c3cc(O)cc(CCC(=O)N4CCCC=N4)c3)ccc21. The fourth-order valence-electron chi connectivity index (χ4n) is 8.67. The zero-order valence-corrected chi connectivity index (χ0v) is 40.6. The number of nitriles is 2. The maximum absolute atomic E-state index is 12.7. The van der Waals surface area contributed by atoms with Gasteiger partial charge in [-0.3, -0.25) is 24.2 Å². The third-order valence-electron chi connectivity index (χ3n) is 11.9. The van der Waals surface area contributed by atoms with Crippen LogP contribution in [0.15, 0.2) is 83.6 Å². The van der Waals surface area contributed by atoms with Gasteiger partial charge in [-0.25, -0.2) is 5.01 Å². The zero-order chi connectivity index (χ0) is 50.0. The number of hydrogen-bond donors (Lipinski definition) is 2. The minimum absolute atomic E-state index is 0.0239. The van der Waals surface area contributed by atoms with E-state index < -0.39 is 0 Å². The number of aromatic nitrogens is 2. The van der Waals surface area contributed by atoms with Crippen LogP contribution in [-0.2, 0) is 49.9 Å². The number of fused-ring (bicyclic) bond motifs is 1. The highest BCUT2D eigenvalue weighted by Gasteiger charge is 2.28. The lowest BCUT2D eigenvalue weighted by molar-refractivity contribution is -0.132. The number of likely N-dealkylation sites (tertiary alicyclic amines) is 1. The van der Waals surface area contributed by atoms with E-state index in [0.717, 1.165) is 83.2 Å². The molecule has 0 aliphatic carbocycles. The first kappa shape index (κ1) is 53.5. The second-order valence-corrected chi connectivity index (χ2v) is 18.0. The summed E-state index contributed by atoms with van der Waals surface area (Å²) in [4.78, 5) is 53.3. The number of aliphatic hydroxyl groups is 1. The molecule has 1 saturated heterocycles. The van der Waals surface area contributed by atoms with Crippen LogP contribution in [0.4, 0.5) is 0 Å². The van der Waals surface area contributed by atoms with Crippen molar-refractivity contribution in [1.29, 1.82) is 10.5 Å². The first-order valence-corrected chi connectivity index (χ1v) is 23.1. The number of aryl methyl sites for hydroxylation is 2. The Morgan fingerprint density at radius 3 is 2.35 bits per heavy atom. The second kappa shape index (κ2) is 25.7. The van der Waals surface area contributed by atoms with Gasteiger partial charge in [0.05, 0.1) is 36.7 Å². The van der Waals surface area contributed by atoms with Crippen LogP contribution in [0.25, 0.3) is 33.3 Å². The van der Waals surface area contributed by atoms with Crippen LogP contribution in [0, 0.1) is 34.0 Å². The van der Waals surface area contributed by atoms with Crippen molar-refractivity contribution >= 4 is 41.8 Å². The van der Waals surface area contributed by atoms with E-state index in [1.807, 2.05) is 50.3 Å². The quantitative estimate of drug-likeness (QED) is 0.0591. The molecule has 2 aromatic carbocycles. The van der Waals surface area contributed by atoms with Gasteiger partial charge in [0.2, 0.25) is 12.3 Å². The summed E-state index contributed by atoms with van der Waals surface area (Å²) in [6.45, 7) is 18.9. The second-order valence-electron chi connectivity index (χ2n) is 18.0. The minimum atomic E-state index is -0.372. The minimum Gasteiger partial charge on any atom is -0.508 e. The van der Waals surface area contributed by atoms with E-state index in [-0.39, 0.29) is 53.7 Å². The van der Waals surface area contributed by atoms with E-state index in [4.69, 9.17) is 15.3 Å². The van der Waals surface area contributed by atoms with Crippen molar-refractivity contribution in [3.63, 3.8) is 0 Å². The normalized spacial score (nSPS) is 13.9. The molecule has 0 radical (unpaired) electrons. The molecule has 1 unspecified atom stereocenters. The Balaban J connectivity index is 0.000000342. The molecule has 0 saturated carbocycles. The smallest absolute Gasteiger partial charge is 0.293 e. The van der Waals surface area contributed by atoms with Crippen LogP contribution in [-0.4, -0.2) is 105 Å². The van der Waals surface area contributed by atoms with Crippen LogP contribution in [0.5, 0.6) is 5.75 Å². The number of likely N-dealkylation sites (N-methyl/N-ethyl adjacent to an activating group) is 1. The van der Waals surface area contributed by atoms with Crippen molar-refractivity contribution in [2.24, 2.45) is 16.4 Å². The Morgan fingerprint density at radius 1 is 1.03 bits per heavy atom. The van der Waals surface area contributed by atoms with Gasteiger partial charge in [0.1, 0.15) is 17.4 Å². The number of rotatable bonds is 17. The molecule has 1 fully saturated rings. The molecular formula is C53H66N8O7. The number of ether oxygens (including phenoxy) is 1. The highest BCUT2D eigenvalue weighted by atomic mass is 16.5. The van der Waals surface area contributed by atoms with Gasteiger partial charge in [0, 0.05) is 79.5 Å². The first-order chi connectivity index (χ1) is 32.6. The summed E-state index contributed by atoms with van der Waals surface area (Å²) in [6.07, 6.45) is 11.1. The molecule has 15 heteroatoms. The lowest BCUT2D eigenvalue weighted by atomic mass is 9.84. The van der Waals surface area contributed by atoms with E-state index in [1.54, 1.807) is 49.5 Å². The molecule has 4 aromatic rings. The summed E-state index contributed by atoms with van der Waals surface area (Å²) in [5, 5.41) is 44.8. The number of nitrogens with zero attached hydrogens (tertiary/aromatic N) is 8. The number of carbonyl (C=O) groups is 4. The fourth-order valence-corrected chi connectivity index (χ4v) is 8.67. The van der Waals surface area contributed by atoms with Gasteiger partial charge >= 0.3 is 0 Å². The number of phenolic OH excluding ortho intramolecular Hbond substituents is 1. The highest BCUT2D eigenvalue weighted by Crippen LogP contribution is 2.41. The van der Waals surface area contributed by atoms with Gasteiger partial charge in [0.25, 0.3) is 12.4 Å². The molecule has 2 aliphatic heterocycles. The Labute approximate surface area is 400 Å². The molecule has 6 rings (SSSR count). The van der Waals surface area contributed by atoms with E-state index in [9.17, 15) is 29.4 Å². The summed E-state index contributed by atoms with van der Waals surface area (Å²) in [5.74, 6) is 0.220. The van der Waals surface area contributed by atoms with E-state index >= 15 is 0 Å². The van der Waals surface area contributed by atoms with Crippen molar-refractivity contribution in [3.05, 3.63) is 95.3 Å². The van der Waals surface area contributed by atoms with Gasteiger partial charge in [-0.1, -0.05) is 52.5 Å². The van der Waals surface area contributed by atoms with Crippen LogP contribution in [0.3, 0.4) is 0 Å². The predicted octanol–water partition coefficient (Wildman–Crippen LogP) is 8.13. The molecule has 360 valence electrons. The van der Waals surface area contributed by atoms with Crippen molar-refractivity contribution in [3.8, 4) is 40.3 Å². The fraction of sp³-hybridized carbons (Fsp3) is 0.434. The van der Waals surface area contributed by atoms with Gasteiger partial charge in [-0.15, -0.1) is 0 Å². The molecule has 2 aliphatic rings. The van der Waals surface area contributed by atoms with Crippen molar-refractivity contribution in [2.45, 2.75) is 106 Å². The van der Waals surface area contributed by atoms with Gasteiger partial charge in [-0.2, -0.15) is 15.6 Å². The Hall–Kier alpha value is -7.10. The molecule has 4 heterocycles.